The van der Waals surface area contributed by atoms with E-state index < -0.39 is 0 Å². The molecule has 3 heteroatoms. The van der Waals surface area contributed by atoms with Crippen LogP contribution in [-0.2, 0) is 0 Å². The lowest BCUT2D eigenvalue weighted by Crippen LogP contribution is -2.24. The van der Waals surface area contributed by atoms with Crippen LogP contribution in [0.5, 0.6) is 0 Å². The fourth-order valence-corrected chi connectivity index (χ4v) is 0.873. The Balaban J connectivity index is 2.82. The SMILES string of the molecule is Cc1cnc(C(C)C(C)N)nc1. The van der Waals surface area contributed by atoms with Crippen LogP contribution in [0, 0.1) is 6.92 Å². The van der Waals surface area contributed by atoms with Crippen LogP contribution in [0.4, 0.5) is 0 Å². The molecule has 2 N–H and O–H groups in total. The minimum absolute atomic E-state index is 0.104. The molecule has 1 aromatic heterocycles. The Morgan fingerprint density at radius 1 is 1.25 bits per heavy atom. The number of hydrogen-bond acceptors (Lipinski definition) is 3. The number of hydrogen-bond donors (Lipinski definition) is 1. The first-order chi connectivity index (χ1) is 5.61. The van der Waals surface area contributed by atoms with Crippen molar-refractivity contribution >= 4 is 0 Å². The monoisotopic (exact) mass is 165 g/mol. The van der Waals surface area contributed by atoms with Gasteiger partial charge in [0.1, 0.15) is 5.82 Å². The topological polar surface area (TPSA) is 51.8 Å². The molecule has 0 bridgehead atoms. The second-order valence-corrected chi connectivity index (χ2v) is 3.27. The highest BCUT2D eigenvalue weighted by atomic mass is 14.9. The predicted molar refractivity (Wildman–Crippen MR) is 48.8 cm³/mol. The molecule has 2 unspecified atom stereocenters. The lowest BCUT2D eigenvalue weighted by molar-refractivity contribution is 0.580. The van der Waals surface area contributed by atoms with Gasteiger partial charge in [-0.05, 0) is 19.4 Å². The van der Waals surface area contributed by atoms with Gasteiger partial charge in [0.15, 0.2) is 0 Å². The number of nitrogens with zero attached hydrogens (tertiary/aromatic N) is 2. The minimum atomic E-state index is 0.104. The summed E-state index contributed by atoms with van der Waals surface area (Å²) in [4.78, 5) is 8.42. The molecule has 1 aromatic rings. The van der Waals surface area contributed by atoms with E-state index in [9.17, 15) is 0 Å². The van der Waals surface area contributed by atoms with Crippen molar-refractivity contribution in [3.63, 3.8) is 0 Å². The van der Waals surface area contributed by atoms with Gasteiger partial charge in [0.2, 0.25) is 0 Å². The maximum absolute atomic E-state index is 5.73. The van der Waals surface area contributed by atoms with Crippen LogP contribution in [0.1, 0.15) is 31.2 Å². The van der Waals surface area contributed by atoms with E-state index in [-0.39, 0.29) is 12.0 Å². The summed E-state index contributed by atoms with van der Waals surface area (Å²) >= 11 is 0. The second-order valence-electron chi connectivity index (χ2n) is 3.27. The molecule has 0 aliphatic carbocycles. The van der Waals surface area contributed by atoms with E-state index in [0.717, 1.165) is 11.4 Å². The van der Waals surface area contributed by atoms with Crippen molar-refractivity contribution in [2.24, 2.45) is 5.73 Å². The van der Waals surface area contributed by atoms with Gasteiger partial charge in [-0.2, -0.15) is 0 Å². The van der Waals surface area contributed by atoms with Crippen molar-refractivity contribution < 1.29 is 0 Å². The first-order valence-corrected chi connectivity index (χ1v) is 4.15. The maximum Gasteiger partial charge on any atom is 0.132 e. The van der Waals surface area contributed by atoms with E-state index in [0.29, 0.717) is 0 Å². The molecule has 0 aliphatic heterocycles. The molecule has 1 heterocycles. The highest BCUT2D eigenvalue weighted by Crippen LogP contribution is 2.12. The van der Waals surface area contributed by atoms with E-state index in [1.54, 1.807) is 0 Å². The van der Waals surface area contributed by atoms with E-state index in [1.165, 1.54) is 0 Å². The molecular formula is C9H15N3. The molecule has 1 rings (SSSR count). The van der Waals surface area contributed by atoms with Crippen LogP contribution in [-0.4, -0.2) is 16.0 Å². The largest absolute Gasteiger partial charge is 0.327 e. The number of nitrogens with two attached hydrogens (primary N) is 1. The third kappa shape index (κ3) is 2.01. The van der Waals surface area contributed by atoms with Crippen LogP contribution < -0.4 is 5.73 Å². The molecule has 0 aliphatic rings. The van der Waals surface area contributed by atoms with Gasteiger partial charge in [-0.25, -0.2) is 9.97 Å². The van der Waals surface area contributed by atoms with Crippen molar-refractivity contribution in [1.82, 2.24) is 9.97 Å². The van der Waals surface area contributed by atoms with Gasteiger partial charge in [-0.3, -0.25) is 0 Å². The first-order valence-electron chi connectivity index (χ1n) is 4.15. The van der Waals surface area contributed by atoms with Crippen LogP contribution in [0.15, 0.2) is 12.4 Å². The number of aromatic nitrogens is 2. The van der Waals surface area contributed by atoms with E-state index in [4.69, 9.17) is 5.73 Å². The van der Waals surface area contributed by atoms with Crippen molar-refractivity contribution in [3.05, 3.63) is 23.8 Å². The molecule has 66 valence electrons. The standard InChI is InChI=1S/C9H15N3/c1-6-4-11-9(12-5-6)7(2)8(3)10/h4-5,7-8H,10H2,1-3H3. The highest BCUT2D eigenvalue weighted by molar-refractivity contribution is 5.05. The van der Waals surface area contributed by atoms with Crippen LogP contribution >= 0.6 is 0 Å². The summed E-state index contributed by atoms with van der Waals surface area (Å²) in [6.07, 6.45) is 3.64. The summed E-state index contributed by atoms with van der Waals surface area (Å²) in [6.45, 7) is 5.98. The fourth-order valence-electron chi connectivity index (χ4n) is 0.873. The summed E-state index contributed by atoms with van der Waals surface area (Å²) in [5, 5.41) is 0. The molecule has 0 radical (unpaired) electrons. The van der Waals surface area contributed by atoms with Crippen molar-refractivity contribution in [2.45, 2.75) is 32.7 Å². The minimum Gasteiger partial charge on any atom is -0.327 e. The lowest BCUT2D eigenvalue weighted by atomic mass is 10.0. The normalized spacial score (nSPS) is 15.7. The van der Waals surface area contributed by atoms with Crippen molar-refractivity contribution in [2.75, 3.05) is 0 Å². The Hall–Kier alpha value is -0.960. The van der Waals surface area contributed by atoms with E-state index >= 15 is 0 Å². The number of aryl methyl sites for hydroxylation is 1. The molecule has 0 amide bonds. The molecule has 0 fully saturated rings. The van der Waals surface area contributed by atoms with Crippen molar-refractivity contribution in [1.29, 1.82) is 0 Å². The average molecular weight is 165 g/mol. The zero-order valence-electron chi connectivity index (χ0n) is 7.78. The van der Waals surface area contributed by atoms with E-state index in [2.05, 4.69) is 9.97 Å². The third-order valence-corrected chi connectivity index (χ3v) is 2.00. The molecule has 0 saturated heterocycles. The van der Waals surface area contributed by atoms with Crippen molar-refractivity contribution in [3.8, 4) is 0 Å². The van der Waals surface area contributed by atoms with Gasteiger partial charge in [0, 0.05) is 24.4 Å². The molecule has 2 atom stereocenters. The summed E-state index contributed by atoms with van der Waals surface area (Å²) in [5.74, 6) is 1.06. The van der Waals surface area contributed by atoms with Gasteiger partial charge in [0.05, 0.1) is 0 Å². The van der Waals surface area contributed by atoms with Crippen LogP contribution in [0.2, 0.25) is 0 Å². The summed E-state index contributed by atoms with van der Waals surface area (Å²) in [5.41, 5.74) is 6.81. The van der Waals surface area contributed by atoms with Gasteiger partial charge in [-0.1, -0.05) is 6.92 Å². The Morgan fingerprint density at radius 2 is 1.75 bits per heavy atom. The summed E-state index contributed by atoms with van der Waals surface area (Å²) < 4.78 is 0. The molecule has 12 heavy (non-hydrogen) atoms. The predicted octanol–water partition coefficient (Wildman–Crippen LogP) is 1.24. The first kappa shape index (κ1) is 9.13. The Kier molecular flexibility index (Phi) is 2.76. The molecular weight excluding hydrogens is 150 g/mol. The fraction of sp³-hybridized carbons (Fsp3) is 0.556. The van der Waals surface area contributed by atoms with Gasteiger partial charge >= 0.3 is 0 Å². The highest BCUT2D eigenvalue weighted by Gasteiger charge is 2.12. The number of rotatable bonds is 2. The summed E-state index contributed by atoms with van der Waals surface area (Å²) in [7, 11) is 0. The molecule has 0 aromatic carbocycles. The smallest absolute Gasteiger partial charge is 0.132 e. The Bertz CT molecular complexity index is 240. The van der Waals surface area contributed by atoms with Gasteiger partial charge in [-0.15, -0.1) is 0 Å². The maximum atomic E-state index is 5.73. The van der Waals surface area contributed by atoms with Crippen LogP contribution in [0.25, 0.3) is 0 Å². The Labute approximate surface area is 73.0 Å². The molecule has 0 saturated carbocycles. The van der Waals surface area contributed by atoms with E-state index in [1.807, 2.05) is 33.2 Å². The zero-order chi connectivity index (χ0) is 9.14. The van der Waals surface area contributed by atoms with Gasteiger partial charge in [0.25, 0.3) is 0 Å². The van der Waals surface area contributed by atoms with Crippen LogP contribution in [0.3, 0.4) is 0 Å². The lowest BCUT2D eigenvalue weighted by Gasteiger charge is -2.13. The Morgan fingerprint density at radius 3 is 2.17 bits per heavy atom. The zero-order valence-corrected chi connectivity index (χ0v) is 7.78. The summed E-state index contributed by atoms with van der Waals surface area (Å²) in [6, 6.07) is 0.104. The molecule has 3 nitrogen and oxygen atoms in total. The average Bonchev–Trinajstić information content (AvgIpc) is 2.04. The van der Waals surface area contributed by atoms with Gasteiger partial charge < -0.3 is 5.73 Å². The second kappa shape index (κ2) is 3.63. The third-order valence-electron chi connectivity index (χ3n) is 2.00. The molecule has 0 spiro atoms. The quantitative estimate of drug-likeness (QED) is 0.717.